The van der Waals surface area contributed by atoms with Crippen LogP contribution in [0.3, 0.4) is 0 Å². The van der Waals surface area contributed by atoms with Crippen molar-refractivity contribution >= 4 is 37.7 Å². The maximum absolute atomic E-state index is 11.6. The van der Waals surface area contributed by atoms with Gasteiger partial charge in [0.2, 0.25) is 27.1 Å². The Morgan fingerprint density at radius 1 is 1.00 bits per heavy atom. The van der Waals surface area contributed by atoms with Gasteiger partial charge >= 0.3 is 94.3 Å². The van der Waals surface area contributed by atoms with Crippen LogP contribution in [0.2, 0.25) is 0 Å². The van der Waals surface area contributed by atoms with Crippen LogP contribution in [0.4, 0.5) is 0 Å². The molecule has 1 fully saturated rings. The number of carbonyl (C=O) groups excluding carboxylic acids is 1. The van der Waals surface area contributed by atoms with Crippen molar-refractivity contribution in [3.05, 3.63) is 40.2 Å². The standard InChI is InChI=1S/C16H16O15S2.3Na/c1-6-4-10(17)28-9-5-7(2-3-8(6)9)27-16-13(31-33(24,25)26)11(18)12(30-32(21,22)23)14(29-16)15(19)20;;;/h2-5,11-14,16,18H,1H3,(H,19,20)(H,21,22,23)(H,24,25,26);;;/q;3*+1/p-3. The van der Waals surface area contributed by atoms with E-state index in [1.54, 1.807) is 6.92 Å². The SMILES string of the molecule is Cc1cc(=O)oc2cc(OC3OC(C(=O)[O-])C(OS(=O)(=O)[O-])C(O)C3OS(=O)(=O)[O-])ccc12.[Na+].[Na+].[Na+]. The van der Waals surface area contributed by atoms with Crippen molar-refractivity contribution in [2.24, 2.45) is 0 Å². The van der Waals surface area contributed by atoms with Gasteiger partial charge in [0.25, 0.3) is 0 Å². The van der Waals surface area contributed by atoms with Gasteiger partial charge in [0.15, 0.2) is 6.10 Å². The Morgan fingerprint density at radius 3 is 2.08 bits per heavy atom. The van der Waals surface area contributed by atoms with E-state index in [1.807, 2.05) is 0 Å². The molecule has 36 heavy (non-hydrogen) atoms. The van der Waals surface area contributed by atoms with Crippen LogP contribution in [0.5, 0.6) is 5.75 Å². The molecule has 0 spiro atoms. The van der Waals surface area contributed by atoms with Crippen LogP contribution in [0.25, 0.3) is 11.0 Å². The van der Waals surface area contributed by atoms with Crippen molar-refractivity contribution in [2.75, 3.05) is 0 Å². The van der Waals surface area contributed by atoms with Gasteiger partial charge in [-0.3, -0.25) is 8.37 Å². The number of rotatable bonds is 7. The molecule has 0 aliphatic carbocycles. The van der Waals surface area contributed by atoms with Crippen LogP contribution in [0, 0.1) is 6.92 Å². The number of hydrogen-bond acceptors (Lipinski definition) is 15. The average Bonchev–Trinajstić information content (AvgIpc) is 2.64. The van der Waals surface area contributed by atoms with Gasteiger partial charge in [-0.1, -0.05) is 0 Å². The van der Waals surface area contributed by atoms with E-state index in [9.17, 15) is 45.7 Å². The summed E-state index contributed by atoms with van der Waals surface area (Å²) in [7, 11) is -11.3. The van der Waals surface area contributed by atoms with Crippen molar-refractivity contribution < 1.29 is 152 Å². The Labute approximate surface area is 270 Å². The molecule has 5 unspecified atom stereocenters. The molecule has 1 aliphatic heterocycles. The van der Waals surface area contributed by atoms with Crippen molar-refractivity contribution in [1.29, 1.82) is 0 Å². The molecule has 0 saturated carbocycles. The van der Waals surface area contributed by atoms with Crippen molar-refractivity contribution in [2.45, 2.75) is 37.6 Å². The third-order valence-electron chi connectivity index (χ3n) is 4.39. The third-order valence-corrected chi connectivity index (χ3v) is 5.30. The summed E-state index contributed by atoms with van der Waals surface area (Å²) in [6.45, 7) is 1.61. The Hall–Kier alpha value is 0.360. The van der Waals surface area contributed by atoms with Crippen LogP contribution >= 0.6 is 0 Å². The normalized spacial score (nSPS) is 24.1. The maximum atomic E-state index is 11.6. The predicted octanol–water partition coefficient (Wildman–Crippen LogP) is -12.0. The number of fused-ring (bicyclic) bond motifs is 1. The smallest absolute Gasteiger partial charge is 0.726 e. The Balaban J connectivity index is 0.00000408. The summed E-state index contributed by atoms with van der Waals surface area (Å²) in [5.74, 6) is -2.42. The summed E-state index contributed by atoms with van der Waals surface area (Å²) < 4.78 is 89.3. The van der Waals surface area contributed by atoms with Gasteiger partial charge in [-0.25, -0.2) is 21.6 Å². The van der Waals surface area contributed by atoms with E-state index in [0.717, 1.165) is 6.07 Å². The summed E-state index contributed by atoms with van der Waals surface area (Å²) in [4.78, 5) is 23.0. The van der Waals surface area contributed by atoms with Crippen molar-refractivity contribution in [3.63, 3.8) is 0 Å². The van der Waals surface area contributed by atoms with Crippen molar-refractivity contribution in [1.82, 2.24) is 0 Å². The first-order valence-electron chi connectivity index (χ1n) is 8.68. The Morgan fingerprint density at radius 2 is 1.56 bits per heavy atom. The first-order valence-corrected chi connectivity index (χ1v) is 11.3. The zero-order valence-corrected chi connectivity index (χ0v) is 26.8. The number of aliphatic hydroxyl groups is 1. The Kier molecular flexibility index (Phi) is 14.3. The van der Waals surface area contributed by atoms with Crippen LogP contribution in [0.15, 0.2) is 33.5 Å². The molecule has 0 radical (unpaired) electrons. The molecule has 20 heteroatoms. The molecular formula is C16H13Na3O15S2. The van der Waals surface area contributed by atoms with E-state index in [4.69, 9.17) is 13.9 Å². The van der Waals surface area contributed by atoms with Gasteiger partial charge in [0, 0.05) is 17.5 Å². The Bertz CT molecular complexity index is 1340. The minimum Gasteiger partial charge on any atom is -0.726 e. The van der Waals surface area contributed by atoms with Gasteiger partial charge in [-0.05, 0) is 24.6 Å². The van der Waals surface area contributed by atoms with Crippen molar-refractivity contribution in [3.8, 4) is 5.75 Å². The molecule has 1 N–H and O–H groups in total. The van der Waals surface area contributed by atoms with Gasteiger partial charge in [-0.2, -0.15) is 0 Å². The average molecular weight is 578 g/mol. The molecule has 3 rings (SSSR count). The summed E-state index contributed by atoms with van der Waals surface area (Å²) in [6.07, 6.45) is -12.2. The fraction of sp³-hybridized carbons (Fsp3) is 0.375. The van der Waals surface area contributed by atoms with E-state index in [0.29, 0.717) is 10.9 Å². The minimum atomic E-state index is -5.65. The van der Waals surface area contributed by atoms with E-state index in [-0.39, 0.29) is 100 Å². The fourth-order valence-corrected chi connectivity index (χ4v) is 4.07. The molecule has 15 nitrogen and oxygen atoms in total. The molecule has 1 saturated heterocycles. The second kappa shape index (κ2) is 14.1. The van der Waals surface area contributed by atoms with E-state index < -0.39 is 63.1 Å². The molecule has 2 aromatic rings. The molecule has 1 aromatic heterocycles. The number of aliphatic hydroxyl groups excluding tert-OH is 1. The zero-order chi connectivity index (χ0) is 24.7. The van der Waals surface area contributed by atoms with Gasteiger partial charge in [0.1, 0.15) is 29.6 Å². The fourth-order valence-electron chi connectivity index (χ4n) is 3.11. The molecule has 5 atom stereocenters. The van der Waals surface area contributed by atoms with Crippen LogP contribution in [0.1, 0.15) is 5.56 Å². The summed E-state index contributed by atoms with van der Waals surface area (Å²) >= 11 is 0. The molecular weight excluding hydrogens is 565 g/mol. The second-order valence-electron chi connectivity index (χ2n) is 6.70. The second-order valence-corrected chi connectivity index (χ2v) is 8.72. The molecule has 1 aromatic carbocycles. The number of carboxylic acid groups (broad SMARTS) is 1. The van der Waals surface area contributed by atoms with Gasteiger partial charge < -0.3 is 38.0 Å². The number of aryl methyl sites for hydroxylation is 1. The van der Waals surface area contributed by atoms with Crippen LogP contribution < -0.4 is 104 Å². The molecule has 0 bridgehead atoms. The molecule has 1 aliphatic rings. The number of hydrogen-bond donors (Lipinski definition) is 1. The zero-order valence-electron chi connectivity index (χ0n) is 19.2. The maximum Gasteiger partial charge on any atom is 1.00 e. The number of aliphatic carboxylic acids is 1. The van der Waals surface area contributed by atoms with Gasteiger partial charge in [-0.15, -0.1) is 0 Å². The van der Waals surface area contributed by atoms with Crippen LogP contribution in [-0.2, 0) is 38.7 Å². The summed E-state index contributed by atoms with van der Waals surface area (Å²) in [5.41, 5.74) is -0.180. The molecule has 182 valence electrons. The number of ether oxygens (including phenoxy) is 2. The largest absolute Gasteiger partial charge is 1.00 e. The van der Waals surface area contributed by atoms with Gasteiger partial charge in [0.05, 0.1) is 5.97 Å². The molecule has 2 heterocycles. The summed E-state index contributed by atoms with van der Waals surface area (Å²) in [6, 6.07) is 5.00. The monoisotopic (exact) mass is 578 g/mol. The predicted molar refractivity (Wildman–Crippen MR) is 96.7 cm³/mol. The number of benzene rings is 1. The minimum absolute atomic E-state index is 0. The number of carbonyl (C=O) groups is 1. The first kappa shape index (κ1) is 36.4. The van der Waals surface area contributed by atoms with E-state index in [1.165, 1.54) is 18.2 Å². The molecule has 0 amide bonds. The first-order chi connectivity index (χ1) is 15.1. The van der Waals surface area contributed by atoms with E-state index in [2.05, 4.69) is 8.37 Å². The third kappa shape index (κ3) is 9.53. The van der Waals surface area contributed by atoms with Crippen LogP contribution in [-0.4, -0.2) is 67.7 Å². The quantitative estimate of drug-likeness (QED) is 0.139. The number of carboxylic acids is 1. The van der Waals surface area contributed by atoms with E-state index >= 15 is 0 Å². The topological polar surface area (TPSA) is 242 Å². The summed E-state index contributed by atoms with van der Waals surface area (Å²) in [5, 5.41) is 22.2.